The Morgan fingerprint density at radius 2 is 2.06 bits per heavy atom. The molecule has 4 heteroatoms. The number of thiophene rings is 1. The summed E-state index contributed by atoms with van der Waals surface area (Å²) in [7, 11) is 3.53. The van der Waals surface area contributed by atoms with Crippen molar-refractivity contribution in [2.24, 2.45) is 0 Å². The van der Waals surface area contributed by atoms with Crippen LogP contribution in [0.1, 0.15) is 35.0 Å². The molecule has 0 aliphatic carbocycles. The van der Waals surface area contributed by atoms with Crippen molar-refractivity contribution in [2.45, 2.75) is 19.8 Å². The van der Waals surface area contributed by atoms with Crippen LogP contribution in [0.3, 0.4) is 0 Å². The molecule has 90 valence electrons. The zero-order valence-corrected chi connectivity index (χ0v) is 11.3. The van der Waals surface area contributed by atoms with Crippen molar-refractivity contribution in [3.63, 3.8) is 0 Å². The highest BCUT2D eigenvalue weighted by atomic mass is 32.1. The third-order valence-electron chi connectivity index (χ3n) is 2.68. The zero-order valence-electron chi connectivity index (χ0n) is 10.5. The van der Waals surface area contributed by atoms with E-state index in [0.717, 1.165) is 15.1 Å². The average molecular weight is 248 g/mol. The van der Waals surface area contributed by atoms with Crippen LogP contribution in [-0.2, 0) is 0 Å². The van der Waals surface area contributed by atoms with Gasteiger partial charge in [-0.3, -0.25) is 4.79 Å². The lowest BCUT2D eigenvalue weighted by molar-refractivity contribution is 0.0832. The Labute approximate surface area is 105 Å². The molecule has 2 rings (SSSR count). The summed E-state index contributed by atoms with van der Waals surface area (Å²) in [5, 5.41) is 1.06. The highest BCUT2D eigenvalue weighted by molar-refractivity contribution is 7.20. The van der Waals surface area contributed by atoms with Crippen LogP contribution in [0.5, 0.6) is 0 Å². The van der Waals surface area contributed by atoms with Crippen LogP contribution in [0.25, 0.3) is 10.2 Å². The van der Waals surface area contributed by atoms with E-state index in [0.29, 0.717) is 5.92 Å². The van der Waals surface area contributed by atoms with Gasteiger partial charge in [0, 0.05) is 25.7 Å². The minimum Gasteiger partial charge on any atom is -0.344 e. The molecule has 3 nitrogen and oxygen atoms in total. The second-order valence-corrected chi connectivity index (χ2v) is 5.66. The van der Waals surface area contributed by atoms with Gasteiger partial charge in [-0.2, -0.15) is 0 Å². The third-order valence-corrected chi connectivity index (χ3v) is 3.72. The summed E-state index contributed by atoms with van der Waals surface area (Å²) in [5.74, 6) is 0.499. The molecular formula is C13H16N2OS. The first kappa shape index (κ1) is 12.0. The maximum absolute atomic E-state index is 11.8. The predicted octanol–water partition coefficient (Wildman–Crippen LogP) is 3.12. The van der Waals surface area contributed by atoms with Gasteiger partial charge in [-0.15, -0.1) is 11.3 Å². The molecule has 0 saturated carbocycles. The van der Waals surface area contributed by atoms with Gasteiger partial charge in [-0.1, -0.05) is 13.8 Å². The van der Waals surface area contributed by atoms with Gasteiger partial charge in [-0.05, 0) is 23.6 Å². The summed E-state index contributed by atoms with van der Waals surface area (Å²) in [5.41, 5.74) is 1.21. The van der Waals surface area contributed by atoms with Gasteiger partial charge in [0.25, 0.3) is 5.91 Å². The number of pyridine rings is 1. The van der Waals surface area contributed by atoms with E-state index in [-0.39, 0.29) is 5.91 Å². The lowest BCUT2D eigenvalue weighted by Gasteiger charge is -2.06. The van der Waals surface area contributed by atoms with Gasteiger partial charge in [-0.25, -0.2) is 4.98 Å². The zero-order chi connectivity index (χ0) is 12.6. The normalized spacial score (nSPS) is 11.1. The number of hydrogen-bond acceptors (Lipinski definition) is 3. The number of aromatic nitrogens is 1. The van der Waals surface area contributed by atoms with E-state index in [4.69, 9.17) is 0 Å². The molecule has 2 aromatic rings. The molecule has 0 unspecified atom stereocenters. The highest BCUT2D eigenvalue weighted by Gasteiger charge is 2.13. The molecule has 0 radical (unpaired) electrons. The van der Waals surface area contributed by atoms with Crippen LogP contribution in [0, 0.1) is 0 Å². The SMILES string of the molecule is CC(C)c1cnc2sc(C(=O)N(C)C)cc2c1. The second-order valence-electron chi connectivity index (χ2n) is 4.63. The van der Waals surface area contributed by atoms with E-state index in [1.807, 2.05) is 12.3 Å². The molecule has 0 atom stereocenters. The minimum absolute atomic E-state index is 0.0408. The fourth-order valence-corrected chi connectivity index (χ4v) is 2.60. The maximum Gasteiger partial charge on any atom is 0.263 e. The first-order chi connectivity index (χ1) is 7.99. The number of carbonyl (C=O) groups excluding carboxylic acids is 1. The smallest absolute Gasteiger partial charge is 0.263 e. The molecule has 0 bridgehead atoms. The molecule has 0 aliphatic heterocycles. The van der Waals surface area contributed by atoms with E-state index in [9.17, 15) is 4.79 Å². The van der Waals surface area contributed by atoms with E-state index < -0.39 is 0 Å². The van der Waals surface area contributed by atoms with Crippen LogP contribution < -0.4 is 0 Å². The Bertz CT molecular complexity index is 558. The molecule has 17 heavy (non-hydrogen) atoms. The molecule has 0 aromatic carbocycles. The number of rotatable bonds is 2. The molecule has 0 fully saturated rings. The second kappa shape index (κ2) is 4.45. The Kier molecular flexibility index (Phi) is 3.15. The van der Waals surface area contributed by atoms with Crippen molar-refractivity contribution < 1.29 is 4.79 Å². The highest BCUT2D eigenvalue weighted by Crippen LogP contribution is 2.27. The standard InChI is InChI=1S/C13H16N2OS/c1-8(2)10-5-9-6-11(13(16)15(3)4)17-12(9)14-7-10/h5-8H,1-4H3. The Morgan fingerprint density at radius 1 is 1.35 bits per heavy atom. The van der Waals surface area contributed by atoms with Gasteiger partial charge in [0.15, 0.2) is 0 Å². The van der Waals surface area contributed by atoms with Crippen LogP contribution in [0.2, 0.25) is 0 Å². The summed E-state index contributed by atoms with van der Waals surface area (Å²) in [4.78, 5) is 19.5. The number of amides is 1. The molecule has 1 amide bonds. The maximum atomic E-state index is 11.8. The lowest BCUT2D eigenvalue weighted by atomic mass is 10.1. The van der Waals surface area contributed by atoms with Crippen molar-refractivity contribution in [3.8, 4) is 0 Å². The molecular weight excluding hydrogens is 232 g/mol. The van der Waals surface area contributed by atoms with E-state index in [1.165, 1.54) is 16.9 Å². The first-order valence-corrected chi connectivity index (χ1v) is 6.42. The van der Waals surface area contributed by atoms with Crippen molar-refractivity contribution in [2.75, 3.05) is 14.1 Å². The van der Waals surface area contributed by atoms with Crippen LogP contribution in [-0.4, -0.2) is 29.9 Å². The Morgan fingerprint density at radius 3 is 2.65 bits per heavy atom. The topological polar surface area (TPSA) is 33.2 Å². The molecule has 2 aromatic heterocycles. The Hall–Kier alpha value is -1.42. The third kappa shape index (κ3) is 2.31. The van der Waals surface area contributed by atoms with Crippen LogP contribution in [0.15, 0.2) is 18.3 Å². The molecule has 2 heterocycles. The molecule has 0 aliphatic rings. The number of carbonyl (C=O) groups is 1. The number of hydrogen-bond donors (Lipinski definition) is 0. The lowest BCUT2D eigenvalue weighted by Crippen LogP contribution is -2.20. The summed E-state index contributed by atoms with van der Waals surface area (Å²) < 4.78 is 0. The fourth-order valence-electron chi connectivity index (χ4n) is 1.59. The van der Waals surface area contributed by atoms with Gasteiger partial charge in [0.05, 0.1) is 4.88 Å². The fraction of sp³-hybridized carbons (Fsp3) is 0.385. The Balaban J connectivity index is 2.47. The summed E-state index contributed by atoms with van der Waals surface area (Å²) >= 11 is 1.45. The van der Waals surface area contributed by atoms with Gasteiger partial charge < -0.3 is 4.90 Å². The quantitative estimate of drug-likeness (QED) is 0.818. The largest absolute Gasteiger partial charge is 0.344 e. The minimum atomic E-state index is 0.0408. The van der Waals surface area contributed by atoms with Crippen LogP contribution >= 0.6 is 11.3 Å². The van der Waals surface area contributed by atoms with Gasteiger partial charge in [0.2, 0.25) is 0 Å². The molecule has 0 saturated heterocycles. The molecule has 0 N–H and O–H groups in total. The van der Waals surface area contributed by atoms with Gasteiger partial charge in [0.1, 0.15) is 4.83 Å². The van der Waals surface area contributed by atoms with Crippen molar-refractivity contribution in [1.29, 1.82) is 0 Å². The first-order valence-electron chi connectivity index (χ1n) is 5.60. The van der Waals surface area contributed by atoms with Crippen molar-refractivity contribution >= 4 is 27.5 Å². The summed E-state index contributed by atoms with van der Waals surface area (Å²) in [6.45, 7) is 4.28. The van der Waals surface area contributed by atoms with Crippen molar-refractivity contribution in [1.82, 2.24) is 9.88 Å². The van der Waals surface area contributed by atoms with E-state index in [1.54, 1.807) is 19.0 Å². The summed E-state index contributed by atoms with van der Waals surface area (Å²) in [6.07, 6.45) is 1.90. The molecule has 0 spiro atoms. The number of fused-ring (bicyclic) bond motifs is 1. The van der Waals surface area contributed by atoms with Crippen molar-refractivity contribution in [3.05, 3.63) is 28.8 Å². The monoisotopic (exact) mass is 248 g/mol. The number of nitrogens with zero attached hydrogens (tertiary/aromatic N) is 2. The average Bonchev–Trinajstić information content (AvgIpc) is 2.69. The predicted molar refractivity (Wildman–Crippen MR) is 71.7 cm³/mol. The van der Waals surface area contributed by atoms with E-state index in [2.05, 4.69) is 24.9 Å². The van der Waals surface area contributed by atoms with Gasteiger partial charge >= 0.3 is 0 Å². The van der Waals surface area contributed by atoms with E-state index >= 15 is 0 Å². The summed E-state index contributed by atoms with van der Waals surface area (Å²) in [6, 6.07) is 4.05. The van der Waals surface area contributed by atoms with Crippen LogP contribution in [0.4, 0.5) is 0 Å².